The molecule has 3 aliphatic rings. The van der Waals surface area contributed by atoms with Crippen LogP contribution in [0.15, 0.2) is 188 Å². The van der Waals surface area contributed by atoms with Gasteiger partial charge in [0.15, 0.2) is 0 Å². The Bertz CT molecular complexity index is 3260. The van der Waals surface area contributed by atoms with Gasteiger partial charge in [0.1, 0.15) is 5.82 Å². The molecule has 0 amide bonds. The second kappa shape index (κ2) is 16.9. The monoisotopic (exact) mass is 1040 g/mol. The van der Waals surface area contributed by atoms with E-state index in [-0.39, 0.29) is 38.7 Å². The Morgan fingerprint density at radius 3 is 2.11 bits per heavy atom. The molecular formula is C58H49BN5OPt-3. The van der Waals surface area contributed by atoms with Gasteiger partial charge >= 0.3 is 6.85 Å². The molecule has 0 aliphatic carbocycles. The van der Waals surface area contributed by atoms with E-state index in [9.17, 15) is 0 Å². The molecule has 8 aromatic rings. The van der Waals surface area contributed by atoms with E-state index in [1.807, 2.05) is 24.4 Å². The Morgan fingerprint density at radius 2 is 1.33 bits per heavy atom. The van der Waals surface area contributed by atoms with E-state index >= 15 is 0 Å². The fraction of sp³-hybridized carbons (Fsp3) is 0.138. The summed E-state index contributed by atoms with van der Waals surface area (Å²) in [6.45, 7) is 15.7. The molecule has 6 aromatic carbocycles. The third-order valence-corrected chi connectivity index (χ3v) is 12.7. The molecule has 0 N–H and O–H groups in total. The maximum Gasteiger partial charge on any atom is 0.322 e. The van der Waals surface area contributed by atoms with Gasteiger partial charge in [-0.1, -0.05) is 144 Å². The fourth-order valence-corrected chi connectivity index (χ4v) is 9.34. The summed E-state index contributed by atoms with van der Waals surface area (Å²) in [6.07, 6.45) is 10.7. The number of rotatable bonds is 7. The predicted octanol–water partition coefficient (Wildman–Crippen LogP) is 14.2. The van der Waals surface area contributed by atoms with Gasteiger partial charge in [0, 0.05) is 73.1 Å². The van der Waals surface area contributed by atoms with Gasteiger partial charge in [-0.25, -0.2) is 4.98 Å². The Hall–Kier alpha value is -6.82. The van der Waals surface area contributed by atoms with E-state index in [0.29, 0.717) is 11.5 Å². The number of pyridine rings is 1. The molecule has 3 aliphatic heterocycles. The number of anilines is 3. The van der Waals surface area contributed by atoms with Crippen molar-refractivity contribution in [2.24, 2.45) is 0 Å². The average Bonchev–Trinajstić information content (AvgIpc) is 3.87. The van der Waals surface area contributed by atoms with E-state index in [0.717, 1.165) is 61.5 Å². The van der Waals surface area contributed by atoms with Crippen LogP contribution in [-0.4, -0.2) is 21.2 Å². The van der Waals surface area contributed by atoms with Crippen LogP contribution in [0.5, 0.6) is 11.5 Å². The molecule has 0 saturated heterocycles. The molecule has 0 saturated carbocycles. The number of allylic oxidation sites excluding steroid dienone is 3. The second-order valence-corrected chi connectivity index (χ2v) is 19.1. The smallest absolute Gasteiger partial charge is 0.322 e. The topological polar surface area (TPSA) is 36.8 Å². The van der Waals surface area contributed by atoms with Crippen LogP contribution in [0.2, 0.25) is 0 Å². The Balaban J connectivity index is 0.00000511. The molecule has 0 bridgehead atoms. The van der Waals surface area contributed by atoms with Crippen molar-refractivity contribution in [2.75, 3.05) is 9.80 Å². The summed E-state index contributed by atoms with van der Waals surface area (Å²) in [5.74, 6) is 4.33. The molecule has 6 nitrogen and oxygen atoms in total. The van der Waals surface area contributed by atoms with E-state index < -0.39 is 0 Å². The molecule has 2 aromatic heterocycles. The maximum absolute atomic E-state index is 6.69. The van der Waals surface area contributed by atoms with Crippen molar-refractivity contribution in [3.8, 4) is 17.3 Å². The molecule has 0 fully saturated rings. The average molecular weight is 1040 g/mol. The summed E-state index contributed by atoms with van der Waals surface area (Å²) < 4.78 is 8.88. The third-order valence-electron chi connectivity index (χ3n) is 12.7. The van der Waals surface area contributed by atoms with Crippen molar-refractivity contribution in [1.29, 1.82) is 0 Å². The van der Waals surface area contributed by atoms with E-state index in [1.165, 1.54) is 22.2 Å². The van der Waals surface area contributed by atoms with Gasteiger partial charge in [-0.3, -0.25) is 0 Å². The van der Waals surface area contributed by atoms with Gasteiger partial charge in [-0.05, 0) is 86.6 Å². The Labute approximate surface area is 403 Å². The number of hydrogen-bond acceptors (Lipinski definition) is 5. The standard InChI is InChI=1S/C58H49BN5O.Pt/c1-57(2,3)42-27-25-40(26-28-42)49-38-61-34-15-14-32-59(61)55(41-17-8-7-9-18-41)56(49)63-39-62(51-23-12-13-24-52(51)63)44-19-16-20-45(36-44)65-46-29-30-48-47-21-10-11-22-50(47)64(53(48)37-46)54-35-43(31-33-60-54)58(4,5)6;/h7-35,38-39H,1-6H3;/q-3;. The van der Waals surface area contributed by atoms with Crippen molar-refractivity contribution in [2.45, 2.75) is 52.4 Å². The first kappa shape index (κ1) is 43.1. The van der Waals surface area contributed by atoms with Crippen LogP contribution in [0.4, 0.5) is 17.1 Å². The van der Waals surface area contributed by atoms with Crippen molar-refractivity contribution in [3.63, 3.8) is 0 Å². The summed E-state index contributed by atoms with van der Waals surface area (Å²) in [5, 5.41) is 2.23. The molecule has 5 heterocycles. The SMILES string of the molecule is CC(C)(C)c1ccc(C2=CN3C=CC=CB3C(c3ccccc3)=C2N2[CH-]N(c3[c-]c(Oc4[c-]c5c(cc4)c4ccccc4n5-c4cc(C(C)(C)C)ccn4)ccc3)c3ccccc32)cc1.[Pt]. The second-order valence-electron chi connectivity index (χ2n) is 19.1. The molecule has 328 valence electrons. The largest absolute Gasteiger partial charge is 0.509 e. The van der Waals surface area contributed by atoms with Crippen LogP contribution in [0.25, 0.3) is 38.7 Å². The van der Waals surface area contributed by atoms with Crippen LogP contribution in [0.1, 0.15) is 63.8 Å². The number of para-hydroxylation sites is 3. The zero-order valence-electron chi connectivity index (χ0n) is 37.9. The zero-order chi connectivity index (χ0) is 44.5. The molecular weight excluding hydrogens is 989 g/mol. The zero-order valence-corrected chi connectivity index (χ0v) is 40.2. The van der Waals surface area contributed by atoms with Crippen molar-refractivity contribution in [3.05, 3.63) is 229 Å². The first-order valence-electron chi connectivity index (χ1n) is 22.4. The van der Waals surface area contributed by atoms with Crippen molar-refractivity contribution in [1.82, 2.24) is 14.4 Å². The molecule has 66 heavy (non-hydrogen) atoms. The number of hydrogen-bond donors (Lipinski definition) is 0. The van der Waals surface area contributed by atoms with Gasteiger partial charge in [-0.2, -0.15) is 12.1 Å². The summed E-state index contributed by atoms with van der Waals surface area (Å²) in [6, 6.07) is 58.8. The minimum atomic E-state index is -0.0278. The van der Waals surface area contributed by atoms with Gasteiger partial charge in [0.05, 0.1) is 0 Å². The summed E-state index contributed by atoms with van der Waals surface area (Å²) in [7, 11) is 0. The molecule has 0 unspecified atom stereocenters. The van der Waals surface area contributed by atoms with Crippen LogP contribution in [0, 0.1) is 18.8 Å². The minimum Gasteiger partial charge on any atom is -0.509 e. The van der Waals surface area contributed by atoms with Gasteiger partial charge < -0.3 is 23.9 Å². The summed E-state index contributed by atoms with van der Waals surface area (Å²) in [4.78, 5) is 11.8. The van der Waals surface area contributed by atoms with Crippen LogP contribution in [-0.2, 0) is 31.9 Å². The first-order valence-corrected chi connectivity index (χ1v) is 22.4. The minimum absolute atomic E-state index is 0. The van der Waals surface area contributed by atoms with E-state index in [1.54, 1.807) is 0 Å². The number of aromatic nitrogens is 2. The number of fused-ring (bicyclic) bond motifs is 5. The molecule has 0 spiro atoms. The van der Waals surface area contributed by atoms with Crippen molar-refractivity contribution >= 4 is 56.8 Å². The Kier molecular flexibility index (Phi) is 11.0. The van der Waals surface area contributed by atoms with Crippen LogP contribution < -0.4 is 14.5 Å². The molecule has 0 atom stereocenters. The summed E-state index contributed by atoms with van der Waals surface area (Å²) in [5.41, 5.74) is 13.3. The quantitative estimate of drug-likeness (QED) is 0.117. The van der Waals surface area contributed by atoms with Crippen LogP contribution >= 0.6 is 0 Å². The van der Waals surface area contributed by atoms with Gasteiger partial charge in [0.2, 0.25) is 0 Å². The summed E-state index contributed by atoms with van der Waals surface area (Å²) >= 11 is 0. The van der Waals surface area contributed by atoms with Gasteiger partial charge in [0.25, 0.3) is 0 Å². The van der Waals surface area contributed by atoms with Gasteiger partial charge in [-0.15, -0.1) is 48.1 Å². The maximum atomic E-state index is 6.69. The van der Waals surface area contributed by atoms with E-state index in [2.05, 4.69) is 237 Å². The number of benzene rings is 6. The third kappa shape index (κ3) is 7.69. The number of ether oxygens (including phenoxy) is 1. The molecule has 0 radical (unpaired) electrons. The van der Waals surface area contributed by atoms with Crippen molar-refractivity contribution < 1.29 is 25.8 Å². The Morgan fingerprint density at radius 1 is 0.621 bits per heavy atom. The normalized spacial score (nSPS) is 14.7. The molecule has 8 heteroatoms. The van der Waals surface area contributed by atoms with Crippen LogP contribution in [0.3, 0.4) is 0 Å². The first-order chi connectivity index (χ1) is 31.5. The van der Waals surface area contributed by atoms with E-state index in [4.69, 9.17) is 9.72 Å². The number of nitrogens with zero attached hydrogens (tertiary/aromatic N) is 5. The fourth-order valence-electron chi connectivity index (χ4n) is 9.34. The predicted molar refractivity (Wildman–Crippen MR) is 269 cm³/mol. The molecule has 11 rings (SSSR count).